The highest BCUT2D eigenvalue weighted by Crippen LogP contribution is 2.18. The van der Waals surface area contributed by atoms with Crippen molar-refractivity contribution in [3.8, 4) is 0 Å². The molecule has 0 radical (unpaired) electrons. The Bertz CT molecular complexity index is 413. The summed E-state index contributed by atoms with van der Waals surface area (Å²) in [5, 5.41) is 2.28. The van der Waals surface area contributed by atoms with Gasteiger partial charge in [0.25, 0.3) is 5.91 Å². The van der Waals surface area contributed by atoms with E-state index in [1.807, 2.05) is 6.07 Å². The molecule has 14 heavy (non-hydrogen) atoms. The number of hydrogen-bond donors (Lipinski definition) is 2. The Kier molecular flexibility index (Phi) is 2.05. The Morgan fingerprint density at radius 3 is 2.86 bits per heavy atom. The zero-order valence-corrected chi connectivity index (χ0v) is 7.54. The van der Waals surface area contributed by atoms with Crippen LogP contribution < -0.4 is 11.1 Å². The molecule has 0 saturated carbocycles. The Morgan fingerprint density at radius 1 is 1.36 bits per heavy atom. The van der Waals surface area contributed by atoms with Crippen molar-refractivity contribution < 1.29 is 9.59 Å². The Hall–Kier alpha value is -1.68. The highest BCUT2D eigenvalue weighted by atomic mass is 16.2. The first-order chi connectivity index (χ1) is 6.72. The van der Waals surface area contributed by atoms with Crippen LogP contribution in [0.15, 0.2) is 18.2 Å². The van der Waals surface area contributed by atoms with Gasteiger partial charge in [0.2, 0.25) is 5.91 Å². The van der Waals surface area contributed by atoms with Crippen molar-refractivity contribution in [1.29, 1.82) is 0 Å². The number of hydrogen-bond acceptors (Lipinski definition) is 3. The van der Waals surface area contributed by atoms with E-state index in [1.165, 1.54) is 0 Å². The zero-order chi connectivity index (χ0) is 10.1. The fraction of sp³-hybridized carbons (Fsp3) is 0.200. The van der Waals surface area contributed by atoms with Crippen molar-refractivity contribution in [2.24, 2.45) is 5.73 Å². The topological polar surface area (TPSA) is 72.2 Å². The maximum Gasteiger partial charge on any atom is 0.258 e. The van der Waals surface area contributed by atoms with Gasteiger partial charge in [0.05, 0.1) is 6.42 Å². The summed E-state index contributed by atoms with van der Waals surface area (Å²) < 4.78 is 0. The lowest BCUT2D eigenvalue weighted by atomic mass is 9.95. The SMILES string of the molecule is NCc1cccc2c1C(=O)NC(=O)C2. The predicted octanol–water partition coefficient (Wildman–Crippen LogP) is -0.0422. The summed E-state index contributed by atoms with van der Waals surface area (Å²) >= 11 is 0. The van der Waals surface area contributed by atoms with Crippen LogP contribution in [0, 0.1) is 0 Å². The first-order valence-electron chi connectivity index (χ1n) is 4.37. The van der Waals surface area contributed by atoms with E-state index >= 15 is 0 Å². The maximum absolute atomic E-state index is 11.5. The Balaban J connectivity index is 2.58. The first-order valence-corrected chi connectivity index (χ1v) is 4.37. The van der Waals surface area contributed by atoms with E-state index in [0.717, 1.165) is 11.1 Å². The minimum Gasteiger partial charge on any atom is -0.326 e. The molecule has 0 unspecified atom stereocenters. The Labute approximate surface area is 81.1 Å². The van der Waals surface area contributed by atoms with Crippen molar-refractivity contribution in [2.45, 2.75) is 13.0 Å². The monoisotopic (exact) mass is 190 g/mol. The largest absolute Gasteiger partial charge is 0.326 e. The smallest absolute Gasteiger partial charge is 0.258 e. The summed E-state index contributed by atoms with van der Waals surface area (Å²) in [4.78, 5) is 22.6. The second kappa shape index (κ2) is 3.23. The van der Waals surface area contributed by atoms with Crippen molar-refractivity contribution in [3.05, 3.63) is 34.9 Å². The number of rotatable bonds is 1. The van der Waals surface area contributed by atoms with Gasteiger partial charge < -0.3 is 5.73 Å². The third kappa shape index (κ3) is 1.29. The van der Waals surface area contributed by atoms with Gasteiger partial charge in [-0.3, -0.25) is 14.9 Å². The van der Waals surface area contributed by atoms with Crippen molar-refractivity contribution in [2.75, 3.05) is 0 Å². The number of benzene rings is 1. The van der Waals surface area contributed by atoms with E-state index in [4.69, 9.17) is 5.73 Å². The standard InChI is InChI=1S/C10H10N2O2/c11-5-7-3-1-2-6-4-8(13)12-10(14)9(6)7/h1-3H,4-5,11H2,(H,12,13,14). The molecule has 2 amide bonds. The van der Waals surface area contributed by atoms with E-state index in [1.54, 1.807) is 12.1 Å². The van der Waals surface area contributed by atoms with Gasteiger partial charge in [-0.15, -0.1) is 0 Å². The van der Waals surface area contributed by atoms with Gasteiger partial charge in [-0.2, -0.15) is 0 Å². The molecule has 4 nitrogen and oxygen atoms in total. The summed E-state index contributed by atoms with van der Waals surface area (Å²) in [7, 11) is 0. The van der Waals surface area contributed by atoms with Gasteiger partial charge in [0.1, 0.15) is 0 Å². The predicted molar refractivity (Wildman–Crippen MR) is 50.5 cm³/mol. The molecule has 4 heteroatoms. The summed E-state index contributed by atoms with van der Waals surface area (Å²) in [6.45, 7) is 0.310. The molecule has 1 aromatic carbocycles. The molecule has 1 aliphatic heterocycles. The lowest BCUT2D eigenvalue weighted by Crippen LogP contribution is -2.38. The highest BCUT2D eigenvalue weighted by Gasteiger charge is 2.23. The average molecular weight is 190 g/mol. The van der Waals surface area contributed by atoms with Crippen LogP contribution in [-0.4, -0.2) is 11.8 Å². The molecule has 72 valence electrons. The van der Waals surface area contributed by atoms with Gasteiger partial charge in [0, 0.05) is 12.1 Å². The molecule has 0 bridgehead atoms. The van der Waals surface area contributed by atoms with Crippen LogP contribution in [0.1, 0.15) is 21.5 Å². The van der Waals surface area contributed by atoms with E-state index in [9.17, 15) is 9.59 Å². The molecule has 1 aromatic rings. The number of amides is 2. The molecule has 0 atom stereocenters. The number of imide groups is 1. The minimum absolute atomic E-state index is 0.253. The van der Waals surface area contributed by atoms with E-state index in [-0.39, 0.29) is 18.2 Å². The zero-order valence-electron chi connectivity index (χ0n) is 7.54. The van der Waals surface area contributed by atoms with Crippen LogP contribution in [0.2, 0.25) is 0 Å². The normalized spacial score (nSPS) is 14.9. The van der Waals surface area contributed by atoms with Crippen LogP contribution in [0.3, 0.4) is 0 Å². The van der Waals surface area contributed by atoms with Crippen LogP contribution in [-0.2, 0) is 17.8 Å². The van der Waals surface area contributed by atoms with Crippen molar-refractivity contribution in [3.63, 3.8) is 0 Å². The molecule has 1 heterocycles. The van der Waals surface area contributed by atoms with Crippen LogP contribution in [0.4, 0.5) is 0 Å². The summed E-state index contributed by atoms with van der Waals surface area (Å²) in [6, 6.07) is 5.40. The summed E-state index contributed by atoms with van der Waals surface area (Å²) in [5.41, 5.74) is 7.62. The number of carbonyl (C=O) groups is 2. The van der Waals surface area contributed by atoms with Crippen LogP contribution in [0.25, 0.3) is 0 Å². The highest BCUT2D eigenvalue weighted by molar-refractivity contribution is 6.10. The second-order valence-corrected chi connectivity index (χ2v) is 3.21. The average Bonchev–Trinajstić information content (AvgIpc) is 2.16. The molecule has 0 aromatic heterocycles. The van der Waals surface area contributed by atoms with Crippen molar-refractivity contribution in [1.82, 2.24) is 5.32 Å². The molecular formula is C10H10N2O2. The number of fused-ring (bicyclic) bond motifs is 1. The fourth-order valence-corrected chi connectivity index (χ4v) is 1.67. The van der Waals surface area contributed by atoms with Gasteiger partial charge in [-0.25, -0.2) is 0 Å². The maximum atomic E-state index is 11.5. The van der Waals surface area contributed by atoms with Crippen LogP contribution >= 0.6 is 0 Å². The molecule has 0 aliphatic carbocycles. The van der Waals surface area contributed by atoms with Crippen molar-refractivity contribution >= 4 is 11.8 Å². The lowest BCUT2D eigenvalue weighted by Gasteiger charge is -2.17. The first kappa shape index (κ1) is 8.90. The quantitative estimate of drug-likeness (QED) is 0.610. The molecule has 0 saturated heterocycles. The number of nitrogens with one attached hydrogen (secondary N) is 1. The fourth-order valence-electron chi connectivity index (χ4n) is 1.67. The minimum atomic E-state index is -0.336. The van der Waals surface area contributed by atoms with E-state index < -0.39 is 0 Å². The molecule has 3 N–H and O–H groups in total. The molecular weight excluding hydrogens is 180 g/mol. The molecule has 2 rings (SSSR count). The molecule has 1 aliphatic rings. The summed E-state index contributed by atoms with van der Waals surface area (Å²) in [5.74, 6) is -0.589. The lowest BCUT2D eigenvalue weighted by molar-refractivity contribution is -0.119. The van der Waals surface area contributed by atoms with Crippen LogP contribution in [0.5, 0.6) is 0 Å². The third-order valence-electron chi connectivity index (χ3n) is 2.29. The Morgan fingerprint density at radius 2 is 2.14 bits per heavy atom. The van der Waals surface area contributed by atoms with Gasteiger partial charge in [-0.05, 0) is 11.1 Å². The van der Waals surface area contributed by atoms with E-state index in [2.05, 4.69) is 5.32 Å². The second-order valence-electron chi connectivity index (χ2n) is 3.21. The van der Waals surface area contributed by atoms with Gasteiger partial charge in [0.15, 0.2) is 0 Å². The van der Waals surface area contributed by atoms with Gasteiger partial charge >= 0.3 is 0 Å². The number of carbonyl (C=O) groups excluding carboxylic acids is 2. The summed E-state index contributed by atoms with van der Waals surface area (Å²) in [6.07, 6.45) is 0.259. The van der Waals surface area contributed by atoms with Gasteiger partial charge in [-0.1, -0.05) is 18.2 Å². The number of nitrogens with two attached hydrogens (primary N) is 1. The van der Waals surface area contributed by atoms with E-state index in [0.29, 0.717) is 12.1 Å². The molecule has 0 spiro atoms. The third-order valence-corrected chi connectivity index (χ3v) is 2.29. The molecule has 0 fully saturated rings.